The topological polar surface area (TPSA) is 155 Å². The number of aliphatic hydroxyl groups excluding tert-OH is 1. The lowest BCUT2D eigenvalue weighted by molar-refractivity contribution is -0.392. The number of unbranched alkanes of at least 4 members (excludes halogenated alkanes) is 1. The Kier molecular flexibility index (Phi) is 7.75. The molecule has 1 saturated heterocycles. The molecule has 0 amide bonds. The predicted molar refractivity (Wildman–Crippen MR) is 146 cm³/mol. The highest BCUT2D eigenvalue weighted by Crippen LogP contribution is 2.55. The number of halogens is 1. The summed E-state index contributed by atoms with van der Waals surface area (Å²) in [5.74, 6) is -2.18. The minimum absolute atomic E-state index is 0.0179. The van der Waals surface area contributed by atoms with Gasteiger partial charge < -0.3 is 25.2 Å². The van der Waals surface area contributed by atoms with Gasteiger partial charge in [-0.25, -0.2) is 23.7 Å². The summed E-state index contributed by atoms with van der Waals surface area (Å²) in [6.45, 7) is 6.87. The first-order valence-corrected chi connectivity index (χ1v) is 13.8. The molecule has 2 aromatic heterocycles. The molecule has 212 valence electrons. The van der Waals surface area contributed by atoms with E-state index < -0.39 is 28.6 Å². The van der Waals surface area contributed by atoms with Crippen LogP contribution in [0.5, 0.6) is 0 Å². The smallest absolute Gasteiger partial charge is 0.342 e. The van der Waals surface area contributed by atoms with Crippen molar-refractivity contribution in [2.24, 2.45) is 0 Å². The molecule has 0 bridgehead atoms. The average Bonchev–Trinajstić information content (AvgIpc) is 3.26. The molecule has 2 N–H and O–H groups in total. The monoisotopic (exact) mass is 572 g/mol. The molecule has 3 aliphatic rings. The van der Waals surface area contributed by atoms with E-state index in [-0.39, 0.29) is 29.3 Å². The summed E-state index contributed by atoms with van der Waals surface area (Å²) in [6.07, 6.45) is 2.57. The molecule has 0 aromatic carbocycles. The number of carbonyl (C=O) groups excluding carboxylic acids is 1. The van der Waals surface area contributed by atoms with E-state index in [1.165, 1.54) is 22.5 Å². The molecule has 14 heteroatoms. The van der Waals surface area contributed by atoms with E-state index in [0.717, 1.165) is 30.4 Å². The van der Waals surface area contributed by atoms with E-state index in [2.05, 4.69) is 14.9 Å². The number of pyridine rings is 1. The van der Waals surface area contributed by atoms with Gasteiger partial charge in [0.25, 0.3) is 0 Å². The Morgan fingerprint density at radius 1 is 1.25 bits per heavy atom. The number of hydrogen-bond acceptors (Lipinski definition) is 10. The Labute approximate surface area is 233 Å². The van der Waals surface area contributed by atoms with Crippen LogP contribution in [0.25, 0.3) is 5.57 Å². The van der Waals surface area contributed by atoms with Crippen LogP contribution in [0.15, 0.2) is 27.6 Å². The van der Waals surface area contributed by atoms with Crippen molar-refractivity contribution in [2.75, 3.05) is 37.6 Å². The number of rotatable bonds is 10. The molecule has 12 nitrogen and oxygen atoms in total. The van der Waals surface area contributed by atoms with E-state index in [1.54, 1.807) is 6.92 Å². The molecule has 2 aliphatic heterocycles. The zero-order valence-electron chi connectivity index (χ0n) is 22.1. The number of aromatic nitrogens is 3. The predicted octanol–water partition coefficient (Wildman–Crippen LogP) is 3.00. The number of carbonyl (C=O) groups is 2. The van der Waals surface area contributed by atoms with Crippen LogP contribution < -0.4 is 4.90 Å². The fourth-order valence-electron chi connectivity index (χ4n) is 5.34. The standard InChI is InChI=1S/C26H29FN6O6S/c1-14-20-22-17(23(35)21(26(36)37)24(20)40-14)11-18(27)25(29-22)31-9-7-30(8-10-31)6-4-3-5-16(34)13-32-15(2)28-12-19(32)33(38)39/h11-12,16,34H,3-10,13H2,1-2H3,(H,36,37). The molecule has 5 rings (SSSR count). The summed E-state index contributed by atoms with van der Waals surface area (Å²) >= 11 is 1.23. The highest BCUT2D eigenvalue weighted by molar-refractivity contribution is 8.09. The third-order valence-corrected chi connectivity index (χ3v) is 8.61. The number of nitrogens with zero attached hydrogens (tertiary/aromatic N) is 6. The molecule has 1 atom stereocenters. The summed E-state index contributed by atoms with van der Waals surface area (Å²) in [5.41, 5.74) is 0.605. The van der Waals surface area contributed by atoms with Gasteiger partial charge in [0.2, 0.25) is 5.78 Å². The maximum atomic E-state index is 15.1. The molecule has 40 heavy (non-hydrogen) atoms. The minimum Gasteiger partial charge on any atom is -0.478 e. The number of aryl methyl sites for hydroxylation is 1. The van der Waals surface area contributed by atoms with Gasteiger partial charge in [-0.15, -0.1) is 0 Å². The van der Waals surface area contributed by atoms with Crippen LogP contribution in [0.1, 0.15) is 48.1 Å². The van der Waals surface area contributed by atoms with Gasteiger partial charge in [0.05, 0.1) is 17.4 Å². The Hall–Kier alpha value is -3.62. The maximum Gasteiger partial charge on any atom is 0.342 e. The average molecular weight is 573 g/mol. The number of ketones is 1. The van der Waals surface area contributed by atoms with Crippen molar-refractivity contribution in [3.63, 3.8) is 0 Å². The van der Waals surface area contributed by atoms with Crippen molar-refractivity contribution in [1.82, 2.24) is 19.4 Å². The van der Waals surface area contributed by atoms with E-state index in [0.29, 0.717) is 54.6 Å². The summed E-state index contributed by atoms with van der Waals surface area (Å²) in [4.78, 5) is 48.9. The zero-order chi connectivity index (χ0) is 28.7. The number of hydrogen-bond donors (Lipinski definition) is 2. The first kappa shape index (κ1) is 27.9. The van der Waals surface area contributed by atoms with Crippen LogP contribution in [0.3, 0.4) is 0 Å². The van der Waals surface area contributed by atoms with Crippen molar-refractivity contribution in [3.8, 4) is 0 Å². The van der Waals surface area contributed by atoms with Crippen LogP contribution in [0, 0.1) is 22.9 Å². The Balaban J connectivity index is 1.14. The summed E-state index contributed by atoms with van der Waals surface area (Å²) < 4.78 is 16.5. The normalized spacial score (nSPS) is 18.0. The molecule has 0 spiro atoms. The van der Waals surface area contributed by atoms with Gasteiger partial charge in [0.1, 0.15) is 18.3 Å². The van der Waals surface area contributed by atoms with Gasteiger partial charge in [0, 0.05) is 43.6 Å². The number of allylic oxidation sites excluding steroid dienone is 2. The number of carboxylic acid groups (broad SMARTS) is 1. The van der Waals surface area contributed by atoms with E-state index >= 15 is 4.39 Å². The van der Waals surface area contributed by atoms with Crippen LogP contribution >= 0.6 is 11.8 Å². The molecule has 1 fully saturated rings. The minimum atomic E-state index is -1.32. The van der Waals surface area contributed by atoms with Crippen LogP contribution in [0.4, 0.5) is 16.0 Å². The second kappa shape index (κ2) is 11.1. The fraction of sp³-hybridized carbons (Fsp3) is 0.462. The van der Waals surface area contributed by atoms with Crippen molar-refractivity contribution < 1.29 is 29.1 Å². The Bertz CT molecular complexity index is 1460. The van der Waals surface area contributed by atoms with Gasteiger partial charge in [-0.3, -0.25) is 9.69 Å². The van der Waals surface area contributed by atoms with Crippen molar-refractivity contribution in [2.45, 2.75) is 45.8 Å². The molecule has 0 saturated carbocycles. The van der Waals surface area contributed by atoms with Crippen molar-refractivity contribution >= 4 is 40.7 Å². The number of thioether (sulfide) groups is 1. The highest BCUT2D eigenvalue weighted by atomic mass is 32.2. The van der Waals surface area contributed by atoms with Gasteiger partial charge in [-0.2, -0.15) is 0 Å². The number of anilines is 1. The van der Waals surface area contributed by atoms with E-state index in [9.17, 15) is 29.9 Å². The maximum absolute atomic E-state index is 15.1. The number of fused-ring (bicyclic) bond motifs is 3. The molecular weight excluding hydrogens is 543 g/mol. The Morgan fingerprint density at radius 3 is 2.62 bits per heavy atom. The quantitative estimate of drug-likeness (QED) is 0.187. The second-order valence-electron chi connectivity index (χ2n) is 10.1. The summed E-state index contributed by atoms with van der Waals surface area (Å²) in [6, 6.07) is 1.11. The Morgan fingerprint density at radius 2 is 1.98 bits per heavy atom. The van der Waals surface area contributed by atoms with Crippen LogP contribution in [-0.2, 0) is 11.3 Å². The molecule has 1 aliphatic carbocycles. The molecule has 1 unspecified atom stereocenters. The van der Waals surface area contributed by atoms with Crippen molar-refractivity contribution in [3.05, 3.63) is 60.7 Å². The van der Waals surface area contributed by atoms with Gasteiger partial charge in [0.15, 0.2) is 17.5 Å². The number of aliphatic carboxylic acids is 1. The van der Waals surface area contributed by atoms with Crippen LogP contribution in [-0.4, -0.2) is 85.2 Å². The lowest BCUT2D eigenvalue weighted by Gasteiger charge is -2.36. The molecular formula is C26H29FN6O6S. The lowest BCUT2D eigenvalue weighted by Crippen LogP contribution is -2.47. The highest BCUT2D eigenvalue weighted by Gasteiger charge is 2.41. The number of carboxylic acids is 1. The number of Topliss-reactive ketones (excluding diaryl/α,β-unsaturated/α-hetero) is 1. The number of piperazine rings is 1. The molecule has 4 heterocycles. The molecule has 2 aromatic rings. The van der Waals surface area contributed by atoms with Gasteiger partial charge in [-0.1, -0.05) is 11.8 Å². The molecule has 0 radical (unpaired) electrons. The van der Waals surface area contributed by atoms with Crippen molar-refractivity contribution in [1.29, 1.82) is 0 Å². The zero-order valence-corrected chi connectivity index (χ0v) is 22.9. The second-order valence-corrected chi connectivity index (χ2v) is 11.3. The van der Waals surface area contributed by atoms with E-state index in [1.807, 2.05) is 11.8 Å². The third kappa shape index (κ3) is 5.13. The lowest BCUT2D eigenvalue weighted by atomic mass is 9.89. The third-order valence-electron chi connectivity index (χ3n) is 7.49. The first-order valence-electron chi connectivity index (χ1n) is 13.0. The van der Waals surface area contributed by atoms with Gasteiger partial charge in [-0.05, 0) is 48.6 Å². The fourth-order valence-corrected chi connectivity index (χ4v) is 6.43. The largest absolute Gasteiger partial charge is 0.478 e. The number of imidazole rings is 1. The van der Waals surface area contributed by atoms with Crippen LogP contribution in [0.2, 0.25) is 0 Å². The van der Waals surface area contributed by atoms with E-state index in [4.69, 9.17) is 0 Å². The summed E-state index contributed by atoms with van der Waals surface area (Å²) in [7, 11) is 0. The number of nitro groups is 1. The first-order chi connectivity index (χ1) is 19.1. The SMILES string of the molecule is CC1=C2C(=C(C(=O)O)C(=O)c3cc(F)c(N4CCN(CCCCC(O)Cn5c([N+](=O)[O-])cnc5C)CC4)nc32)S1. The number of aliphatic hydroxyl groups is 1. The summed E-state index contributed by atoms with van der Waals surface area (Å²) in [5, 5.41) is 31.0. The van der Waals surface area contributed by atoms with Gasteiger partial charge >= 0.3 is 11.8 Å².